The Morgan fingerprint density at radius 1 is 1.32 bits per heavy atom. The summed E-state index contributed by atoms with van der Waals surface area (Å²) >= 11 is 6.20. The summed E-state index contributed by atoms with van der Waals surface area (Å²) < 4.78 is 5.85. The topological polar surface area (TPSA) is 65.7 Å². The lowest BCUT2D eigenvalue weighted by molar-refractivity contribution is 0.383. The third kappa shape index (κ3) is 7.27. The van der Waals surface area contributed by atoms with Gasteiger partial charge in [-0.25, -0.2) is 9.98 Å². The lowest BCUT2D eigenvalue weighted by atomic mass is 9.94. The molecule has 8 heteroatoms. The van der Waals surface area contributed by atoms with Crippen molar-refractivity contribution in [2.75, 3.05) is 31.1 Å². The minimum absolute atomic E-state index is 0. The number of aryl methyl sites for hydroxylation is 1. The third-order valence-corrected chi connectivity index (χ3v) is 5.60. The van der Waals surface area contributed by atoms with Crippen LogP contribution >= 0.6 is 35.6 Å². The standard InChI is InChI=1S/C23H34ClN5O.HI/c1-6-25-22(28-14-21-26-13-20(30-21)23(3,4)5)27-12-17-9-10-29(15-17)19-11-18(24)8-7-16(19)2;/h7-8,11,13,17H,6,9-10,12,14-15H2,1-5H3,(H2,25,27,28);1H. The predicted molar refractivity (Wildman–Crippen MR) is 140 cm³/mol. The summed E-state index contributed by atoms with van der Waals surface area (Å²) in [5.74, 6) is 2.88. The van der Waals surface area contributed by atoms with Crippen LogP contribution in [0.1, 0.15) is 51.3 Å². The van der Waals surface area contributed by atoms with E-state index in [1.54, 1.807) is 6.20 Å². The molecule has 1 atom stereocenters. The molecule has 0 spiro atoms. The molecular formula is C23H35ClIN5O. The maximum Gasteiger partial charge on any atom is 0.216 e. The van der Waals surface area contributed by atoms with Gasteiger partial charge in [0.05, 0.1) is 6.20 Å². The average Bonchev–Trinajstić information content (AvgIpc) is 3.35. The van der Waals surface area contributed by atoms with Gasteiger partial charge >= 0.3 is 0 Å². The lowest BCUT2D eigenvalue weighted by Crippen LogP contribution is -2.40. The number of hydrogen-bond acceptors (Lipinski definition) is 4. The van der Waals surface area contributed by atoms with Crippen molar-refractivity contribution < 1.29 is 4.42 Å². The molecule has 0 radical (unpaired) electrons. The monoisotopic (exact) mass is 559 g/mol. The fourth-order valence-corrected chi connectivity index (χ4v) is 3.77. The van der Waals surface area contributed by atoms with Gasteiger partial charge in [-0.1, -0.05) is 38.4 Å². The number of hydrogen-bond donors (Lipinski definition) is 2. The Balaban J connectivity index is 0.00000341. The first kappa shape index (κ1) is 25.8. The Hall–Kier alpha value is -1.48. The Labute approximate surface area is 208 Å². The molecule has 172 valence electrons. The zero-order valence-corrected chi connectivity index (χ0v) is 22.3. The molecule has 31 heavy (non-hydrogen) atoms. The molecule has 2 N–H and O–H groups in total. The Bertz CT molecular complexity index is 877. The molecule has 0 bridgehead atoms. The van der Waals surface area contributed by atoms with Crippen molar-refractivity contribution in [1.29, 1.82) is 0 Å². The second-order valence-corrected chi connectivity index (χ2v) is 9.41. The molecule has 0 aliphatic carbocycles. The molecule has 1 saturated heterocycles. The first-order valence-corrected chi connectivity index (χ1v) is 11.1. The van der Waals surface area contributed by atoms with Gasteiger partial charge in [-0.3, -0.25) is 0 Å². The van der Waals surface area contributed by atoms with E-state index >= 15 is 0 Å². The summed E-state index contributed by atoms with van der Waals surface area (Å²) in [5, 5.41) is 7.59. The number of aromatic nitrogens is 1. The molecule has 6 nitrogen and oxygen atoms in total. The van der Waals surface area contributed by atoms with E-state index in [1.807, 2.05) is 6.07 Å². The second kappa shape index (κ2) is 11.4. The lowest BCUT2D eigenvalue weighted by Gasteiger charge is -2.21. The summed E-state index contributed by atoms with van der Waals surface area (Å²) in [6.07, 6.45) is 2.95. The van der Waals surface area contributed by atoms with Crippen molar-refractivity contribution in [3.05, 3.63) is 46.6 Å². The van der Waals surface area contributed by atoms with Crippen molar-refractivity contribution in [3.63, 3.8) is 0 Å². The van der Waals surface area contributed by atoms with Crippen LogP contribution in [0.4, 0.5) is 5.69 Å². The van der Waals surface area contributed by atoms with Crippen molar-refractivity contribution in [2.24, 2.45) is 10.9 Å². The van der Waals surface area contributed by atoms with Gasteiger partial charge in [0.1, 0.15) is 12.3 Å². The number of benzene rings is 1. The van der Waals surface area contributed by atoms with Gasteiger partial charge in [0.2, 0.25) is 5.89 Å². The van der Waals surface area contributed by atoms with Gasteiger partial charge in [0.25, 0.3) is 0 Å². The number of halogens is 2. The summed E-state index contributed by atoms with van der Waals surface area (Å²) in [6, 6.07) is 6.11. The van der Waals surface area contributed by atoms with Crippen molar-refractivity contribution >= 4 is 47.2 Å². The quantitative estimate of drug-likeness (QED) is 0.292. The van der Waals surface area contributed by atoms with Crippen LogP contribution in [0.5, 0.6) is 0 Å². The molecule has 0 amide bonds. The van der Waals surface area contributed by atoms with Crippen molar-refractivity contribution in [1.82, 2.24) is 15.6 Å². The van der Waals surface area contributed by atoms with Crippen LogP contribution in [0.15, 0.2) is 33.8 Å². The van der Waals surface area contributed by atoms with E-state index < -0.39 is 0 Å². The molecule has 0 saturated carbocycles. The highest BCUT2D eigenvalue weighted by molar-refractivity contribution is 14.0. The number of guanidine groups is 1. The average molecular weight is 560 g/mol. The number of rotatable bonds is 6. The van der Waals surface area contributed by atoms with E-state index in [-0.39, 0.29) is 29.4 Å². The molecule has 1 aromatic carbocycles. The molecule has 1 aromatic heterocycles. The van der Waals surface area contributed by atoms with E-state index in [2.05, 4.69) is 72.3 Å². The normalized spacial score (nSPS) is 16.9. The van der Waals surface area contributed by atoms with Gasteiger partial charge < -0.3 is 20.0 Å². The zero-order chi connectivity index (χ0) is 21.7. The SMILES string of the molecule is CCNC(=NCc1ncc(C(C)(C)C)o1)NCC1CCN(c2cc(Cl)ccc2C)C1.I. The van der Waals surface area contributed by atoms with E-state index in [0.717, 1.165) is 49.3 Å². The van der Waals surface area contributed by atoms with Crippen LogP contribution in [0, 0.1) is 12.8 Å². The minimum atomic E-state index is -0.0482. The molecule has 3 rings (SSSR count). The highest BCUT2D eigenvalue weighted by Crippen LogP contribution is 2.29. The summed E-state index contributed by atoms with van der Waals surface area (Å²) in [4.78, 5) is 11.4. The second-order valence-electron chi connectivity index (χ2n) is 8.98. The third-order valence-electron chi connectivity index (χ3n) is 5.37. The van der Waals surface area contributed by atoms with Gasteiger partial charge in [-0.15, -0.1) is 24.0 Å². The van der Waals surface area contributed by atoms with Crippen LogP contribution < -0.4 is 15.5 Å². The summed E-state index contributed by atoms with van der Waals surface area (Å²) in [7, 11) is 0. The molecule has 2 aromatic rings. The summed E-state index contributed by atoms with van der Waals surface area (Å²) in [6.45, 7) is 14.7. The smallest absolute Gasteiger partial charge is 0.216 e. The largest absolute Gasteiger partial charge is 0.443 e. The molecule has 1 aliphatic heterocycles. The fourth-order valence-electron chi connectivity index (χ4n) is 3.60. The molecule has 1 unspecified atom stereocenters. The van der Waals surface area contributed by atoms with Gasteiger partial charge in [0.15, 0.2) is 5.96 Å². The highest BCUT2D eigenvalue weighted by Gasteiger charge is 2.24. The van der Waals surface area contributed by atoms with Crippen molar-refractivity contribution in [3.8, 4) is 0 Å². The molecule has 1 aliphatic rings. The predicted octanol–water partition coefficient (Wildman–Crippen LogP) is 5.13. The first-order valence-electron chi connectivity index (χ1n) is 10.7. The minimum Gasteiger partial charge on any atom is -0.443 e. The Kier molecular flexibility index (Phi) is 9.48. The van der Waals surface area contributed by atoms with Crippen LogP contribution in [-0.4, -0.2) is 37.1 Å². The van der Waals surface area contributed by atoms with Gasteiger partial charge in [-0.2, -0.15) is 0 Å². The maximum absolute atomic E-state index is 6.20. The Morgan fingerprint density at radius 2 is 2.10 bits per heavy atom. The number of aliphatic imine (C=N–C) groups is 1. The van der Waals surface area contributed by atoms with Crippen LogP contribution in [-0.2, 0) is 12.0 Å². The van der Waals surface area contributed by atoms with Gasteiger partial charge in [-0.05, 0) is 43.9 Å². The van der Waals surface area contributed by atoms with Crippen molar-refractivity contribution in [2.45, 2.75) is 53.0 Å². The van der Waals surface area contributed by atoms with Crippen LogP contribution in [0.3, 0.4) is 0 Å². The molecular weight excluding hydrogens is 525 g/mol. The van der Waals surface area contributed by atoms with E-state index in [4.69, 9.17) is 16.0 Å². The van der Waals surface area contributed by atoms with Crippen LogP contribution in [0.25, 0.3) is 0 Å². The van der Waals surface area contributed by atoms with Gasteiger partial charge in [0, 0.05) is 42.3 Å². The first-order chi connectivity index (χ1) is 14.3. The van der Waals surface area contributed by atoms with E-state index in [1.165, 1.54) is 11.3 Å². The number of nitrogens with one attached hydrogen (secondary N) is 2. The fraction of sp³-hybridized carbons (Fsp3) is 0.565. The number of anilines is 1. The number of nitrogens with zero attached hydrogens (tertiary/aromatic N) is 3. The maximum atomic E-state index is 6.20. The molecule has 2 heterocycles. The number of oxazole rings is 1. The molecule has 1 fully saturated rings. The zero-order valence-electron chi connectivity index (χ0n) is 19.2. The Morgan fingerprint density at radius 3 is 2.77 bits per heavy atom. The van der Waals surface area contributed by atoms with E-state index in [9.17, 15) is 0 Å². The highest BCUT2D eigenvalue weighted by atomic mass is 127. The van der Waals surface area contributed by atoms with E-state index in [0.29, 0.717) is 18.4 Å². The van der Waals surface area contributed by atoms with Crippen LogP contribution in [0.2, 0.25) is 5.02 Å². The summed E-state index contributed by atoms with van der Waals surface area (Å²) in [5.41, 5.74) is 2.46.